The number of ether oxygens (including phenoxy) is 1. The molecule has 1 saturated carbocycles. The monoisotopic (exact) mass is 364 g/mol. The molecule has 1 atom stereocenters. The molecule has 2 aliphatic heterocycles. The van der Waals surface area contributed by atoms with E-state index in [-0.39, 0.29) is 30.0 Å². The second-order valence-electron chi connectivity index (χ2n) is 7.72. The van der Waals surface area contributed by atoms with Gasteiger partial charge >= 0.3 is 0 Å². The fourth-order valence-electron chi connectivity index (χ4n) is 4.17. The van der Waals surface area contributed by atoms with Crippen molar-refractivity contribution in [2.24, 2.45) is 0 Å². The molecule has 1 amide bonds. The van der Waals surface area contributed by atoms with Gasteiger partial charge < -0.3 is 14.5 Å². The second-order valence-corrected chi connectivity index (χ2v) is 7.72. The average molecular weight is 365 g/mol. The SMILES string of the molecule is C[C@H]1OC2(CCN(CCc3ccccc3)CC2)CN(C2CC2)C1=O.Cl. The number of rotatable bonds is 4. The van der Waals surface area contributed by atoms with Gasteiger partial charge in [-0.15, -0.1) is 12.4 Å². The Labute approximate surface area is 156 Å². The number of piperidine rings is 1. The number of likely N-dealkylation sites (tertiary alicyclic amines) is 1. The predicted octanol–water partition coefficient (Wildman–Crippen LogP) is 2.90. The summed E-state index contributed by atoms with van der Waals surface area (Å²) in [5.41, 5.74) is 1.31. The molecular weight excluding hydrogens is 336 g/mol. The van der Waals surface area contributed by atoms with Crippen molar-refractivity contribution in [3.63, 3.8) is 0 Å². The van der Waals surface area contributed by atoms with Gasteiger partial charge in [-0.3, -0.25) is 4.79 Å². The van der Waals surface area contributed by atoms with E-state index in [1.165, 1.54) is 18.4 Å². The largest absolute Gasteiger partial charge is 0.360 e. The highest BCUT2D eigenvalue weighted by molar-refractivity contribution is 5.85. The summed E-state index contributed by atoms with van der Waals surface area (Å²) in [4.78, 5) is 17.0. The first-order valence-corrected chi connectivity index (χ1v) is 9.40. The zero-order valence-electron chi connectivity index (χ0n) is 15.0. The third kappa shape index (κ3) is 4.18. The van der Waals surface area contributed by atoms with E-state index in [0.717, 1.165) is 45.4 Å². The number of morpholine rings is 1. The predicted molar refractivity (Wildman–Crippen MR) is 101 cm³/mol. The molecule has 1 aromatic rings. The Bertz CT molecular complexity index is 583. The minimum Gasteiger partial charge on any atom is -0.360 e. The normalized spacial score (nSPS) is 26.5. The summed E-state index contributed by atoms with van der Waals surface area (Å²) in [7, 11) is 0. The molecule has 1 spiro atoms. The van der Waals surface area contributed by atoms with Gasteiger partial charge in [0.25, 0.3) is 5.91 Å². The van der Waals surface area contributed by atoms with Gasteiger partial charge in [-0.25, -0.2) is 0 Å². The van der Waals surface area contributed by atoms with Crippen molar-refractivity contribution in [3.05, 3.63) is 35.9 Å². The lowest BCUT2D eigenvalue weighted by molar-refractivity contribution is -0.190. The van der Waals surface area contributed by atoms with Crippen molar-refractivity contribution in [2.45, 2.75) is 56.8 Å². The van der Waals surface area contributed by atoms with Crippen LogP contribution in [0, 0.1) is 0 Å². The number of hydrogen-bond donors (Lipinski definition) is 0. The Balaban J connectivity index is 0.00000182. The zero-order chi connectivity index (χ0) is 16.6. The van der Waals surface area contributed by atoms with Crippen LogP contribution < -0.4 is 0 Å². The molecule has 3 fully saturated rings. The molecule has 0 N–H and O–H groups in total. The highest BCUT2D eigenvalue weighted by Crippen LogP contribution is 2.38. The number of carbonyl (C=O) groups excluding carboxylic acids is 1. The third-order valence-electron chi connectivity index (χ3n) is 5.83. The van der Waals surface area contributed by atoms with Crippen LogP contribution >= 0.6 is 12.4 Å². The van der Waals surface area contributed by atoms with Gasteiger partial charge in [-0.05, 0) is 44.6 Å². The van der Waals surface area contributed by atoms with Crippen molar-refractivity contribution < 1.29 is 9.53 Å². The lowest BCUT2D eigenvalue weighted by Crippen LogP contribution is -2.61. The summed E-state index contributed by atoms with van der Waals surface area (Å²) in [5, 5.41) is 0. The molecule has 1 aliphatic carbocycles. The molecule has 0 aromatic heterocycles. The van der Waals surface area contributed by atoms with E-state index in [0.29, 0.717) is 6.04 Å². The van der Waals surface area contributed by atoms with Gasteiger partial charge in [-0.2, -0.15) is 0 Å². The quantitative estimate of drug-likeness (QED) is 0.823. The smallest absolute Gasteiger partial charge is 0.251 e. The Morgan fingerprint density at radius 3 is 2.48 bits per heavy atom. The van der Waals surface area contributed by atoms with Crippen LogP contribution in [0.3, 0.4) is 0 Å². The van der Waals surface area contributed by atoms with Crippen LogP contribution in [-0.4, -0.2) is 59.6 Å². The number of amides is 1. The number of hydrogen-bond acceptors (Lipinski definition) is 3. The van der Waals surface area contributed by atoms with E-state index >= 15 is 0 Å². The van der Waals surface area contributed by atoms with Crippen molar-refractivity contribution in [3.8, 4) is 0 Å². The molecule has 5 heteroatoms. The fraction of sp³-hybridized carbons (Fsp3) is 0.650. The Morgan fingerprint density at radius 2 is 1.84 bits per heavy atom. The minimum absolute atomic E-state index is 0. The topological polar surface area (TPSA) is 32.8 Å². The van der Waals surface area contributed by atoms with Gasteiger partial charge in [0.15, 0.2) is 0 Å². The number of benzene rings is 1. The van der Waals surface area contributed by atoms with Gasteiger partial charge in [-0.1, -0.05) is 30.3 Å². The number of halogens is 1. The van der Waals surface area contributed by atoms with Gasteiger partial charge in [0, 0.05) is 25.7 Å². The van der Waals surface area contributed by atoms with Crippen LogP contribution in [0.1, 0.15) is 38.2 Å². The Morgan fingerprint density at radius 1 is 1.16 bits per heavy atom. The summed E-state index contributed by atoms with van der Waals surface area (Å²) < 4.78 is 6.23. The van der Waals surface area contributed by atoms with Crippen molar-refractivity contribution >= 4 is 18.3 Å². The molecule has 25 heavy (non-hydrogen) atoms. The molecule has 4 rings (SSSR count). The van der Waals surface area contributed by atoms with Gasteiger partial charge in [0.2, 0.25) is 0 Å². The van der Waals surface area contributed by atoms with Crippen LogP contribution in [0.25, 0.3) is 0 Å². The minimum atomic E-state index is -0.268. The second kappa shape index (κ2) is 7.65. The molecular formula is C20H29ClN2O2. The van der Waals surface area contributed by atoms with E-state index in [4.69, 9.17) is 4.74 Å². The standard InChI is InChI=1S/C20H28N2O2.ClH/c1-16-19(23)22(18-7-8-18)15-20(24-16)10-13-21(14-11-20)12-9-17-5-3-2-4-6-17;/h2-6,16,18H,7-15H2,1H3;1H/t16-;/m1./s1. The molecule has 2 heterocycles. The summed E-state index contributed by atoms with van der Waals surface area (Å²) in [5.74, 6) is 0.203. The maximum Gasteiger partial charge on any atom is 0.251 e. The Kier molecular flexibility index (Phi) is 5.71. The van der Waals surface area contributed by atoms with Crippen molar-refractivity contribution in [1.82, 2.24) is 9.80 Å². The van der Waals surface area contributed by atoms with E-state index in [1.807, 2.05) is 6.92 Å². The highest BCUT2D eigenvalue weighted by Gasteiger charge is 2.48. The van der Waals surface area contributed by atoms with E-state index in [1.54, 1.807) is 0 Å². The van der Waals surface area contributed by atoms with Crippen LogP contribution in [0.5, 0.6) is 0 Å². The summed E-state index contributed by atoms with van der Waals surface area (Å²) in [6.45, 7) is 6.01. The van der Waals surface area contributed by atoms with Crippen LogP contribution in [0.2, 0.25) is 0 Å². The number of nitrogens with zero attached hydrogens (tertiary/aromatic N) is 2. The molecule has 138 valence electrons. The number of carbonyl (C=O) groups is 1. The molecule has 4 nitrogen and oxygen atoms in total. The summed E-state index contributed by atoms with van der Waals surface area (Å²) in [6.07, 6.45) is 5.29. The lowest BCUT2D eigenvalue weighted by Gasteiger charge is -2.49. The van der Waals surface area contributed by atoms with Crippen LogP contribution in [-0.2, 0) is 16.0 Å². The zero-order valence-corrected chi connectivity index (χ0v) is 15.8. The first-order valence-electron chi connectivity index (χ1n) is 9.40. The maximum absolute atomic E-state index is 12.3. The average Bonchev–Trinajstić information content (AvgIpc) is 3.44. The molecule has 2 saturated heterocycles. The molecule has 3 aliphatic rings. The summed E-state index contributed by atoms with van der Waals surface area (Å²) >= 11 is 0. The van der Waals surface area contributed by atoms with Crippen LogP contribution in [0.4, 0.5) is 0 Å². The molecule has 0 radical (unpaired) electrons. The molecule has 0 bridgehead atoms. The maximum atomic E-state index is 12.3. The van der Waals surface area contributed by atoms with E-state index in [9.17, 15) is 4.79 Å². The van der Waals surface area contributed by atoms with Gasteiger partial charge in [0.1, 0.15) is 6.10 Å². The van der Waals surface area contributed by atoms with Crippen molar-refractivity contribution in [2.75, 3.05) is 26.2 Å². The lowest BCUT2D eigenvalue weighted by atomic mass is 9.88. The highest BCUT2D eigenvalue weighted by atomic mass is 35.5. The first-order chi connectivity index (χ1) is 11.7. The summed E-state index contributed by atoms with van der Waals surface area (Å²) in [6, 6.07) is 11.2. The van der Waals surface area contributed by atoms with Crippen LogP contribution in [0.15, 0.2) is 30.3 Å². The molecule has 1 aromatic carbocycles. The fourth-order valence-corrected chi connectivity index (χ4v) is 4.17. The Hall–Kier alpha value is -1.10. The van der Waals surface area contributed by atoms with E-state index < -0.39 is 0 Å². The van der Waals surface area contributed by atoms with E-state index in [2.05, 4.69) is 40.1 Å². The van der Waals surface area contributed by atoms with Crippen molar-refractivity contribution in [1.29, 1.82) is 0 Å². The van der Waals surface area contributed by atoms with Gasteiger partial charge in [0.05, 0.1) is 12.1 Å². The third-order valence-corrected chi connectivity index (χ3v) is 5.83. The molecule has 0 unspecified atom stereocenters. The first kappa shape index (κ1) is 18.7.